The third kappa shape index (κ3) is 6.49. The van der Waals surface area contributed by atoms with Crippen LogP contribution in [0.1, 0.15) is 23.0 Å². The second-order valence-electron chi connectivity index (χ2n) is 8.37. The van der Waals surface area contributed by atoms with Crippen molar-refractivity contribution in [2.75, 3.05) is 36.8 Å². The van der Waals surface area contributed by atoms with Crippen molar-refractivity contribution < 1.29 is 14.7 Å². The summed E-state index contributed by atoms with van der Waals surface area (Å²) in [6.07, 6.45) is 0. The Kier molecular flexibility index (Phi) is 8.09. The highest BCUT2D eigenvalue weighted by molar-refractivity contribution is 5.95. The van der Waals surface area contributed by atoms with E-state index < -0.39 is 0 Å². The van der Waals surface area contributed by atoms with Gasteiger partial charge in [-0.2, -0.15) is 0 Å². The number of carbonyl (C=O) groups is 2. The standard InChI is InChI=1S/C27H29N7O3/c1-17-24(29-14-13-28-18(2)35)33-26(20-7-4-3-5-8-20)34-25(17)30-15-16-31-27(37)21-12-11-19-9-6-10-22(36)23(19)32-21/h3-12,36H,13-16H2,1-2H3,(H,28,35)(H,31,37)(H2,29,30,33,34). The molecule has 0 aliphatic heterocycles. The van der Waals surface area contributed by atoms with Crippen molar-refractivity contribution >= 4 is 34.4 Å². The highest BCUT2D eigenvalue weighted by Gasteiger charge is 2.13. The molecule has 4 rings (SSSR count). The molecule has 10 heteroatoms. The third-order valence-electron chi connectivity index (χ3n) is 5.60. The van der Waals surface area contributed by atoms with Crippen molar-refractivity contribution in [3.63, 3.8) is 0 Å². The van der Waals surface area contributed by atoms with Crippen LogP contribution < -0.4 is 21.3 Å². The Balaban J connectivity index is 1.42. The third-order valence-corrected chi connectivity index (χ3v) is 5.60. The molecule has 0 saturated carbocycles. The number of nitrogens with zero attached hydrogens (tertiary/aromatic N) is 3. The molecular formula is C27H29N7O3. The number of nitrogens with one attached hydrogen (secondary N) is 4. The molecule has 4 aromatic rings. The van der Waals surface area contributed by atoms with Gasteiger partial charge in [-0.15, -0.1) is 0 Å². The van der Waals surface area contributed by atoms with Crippen LogP contribution in [0.3, 0.4) is 0 Å². The Morgan fingerprint density at radius 1 is 0.784 bits per heavy atom. The molecule has 0 radical (unpaired) electrons. The molecule has 0 aliphatic carbocycles. The zero-order valence-corrected chi connectivity index (χ0v) is 20.7. The van der Waals surface area contributed by atoms with Gasteiger partial charge in [0.25, 0.3) is 5.91 Å². The lowest BCUT2D eigenvalue weighted by molar-refractivity contribution is -0.118. The molecular weight excluding hydrogens is 470 g/mol. The average molecular weight is 500 g/mol. The lowest BCUT2D eigenvalue weighted by atomic mass is 10.2. The average Bonchev–Trinajstić information content (AvgIpc) is 2.91. The second-order valence-corrected chi connectivity index (χ2v) is 8.37. The maximum Gasteiger partial charge on any atom is 0.269 e. The molecule has 0 fully saturated rings. The number of carbonyl (C=O) groups excluding carboxylic acids is 2. The van der Waals surface area contributed by atoms with E-state index in [1.165, 1.54) is 13.0 Å². The van der Waals surface area contributed by atoms with Crippen molar-refractivity contribution in [1.29, 1.82) is 0 Å². The lowest BCUT2D eigenvalue weighted by Gasteiger charge is -2.16. The zero-order chi connectivity index (χ0) is 26.2. The summed E-state index contributed by atoms with van der Waals surface area (Å²) in [4.78, 5) is 37.4. The first-order valence-electron chi connectivity index (χ1n) is 12.0. The van der Waals surface area contributed by atoms with Crippen LogP contribution in [-0.2, 0) is 4.79 Å². The first kappa shape index (κ1) is 25.4. The van der Waals surface area contributed by atoms with Gasteiger partial charge >= 0.3 is 0 Å². The monoisotopic (exact) mass is 499 g/mol. The molecule has 2 aromatic heterocycles. The fraction of sp³-hybridized carbons (Fsp3) is 0.222. The van der Waals surface area contributed by atoms with E-state index in [-0.39, 0.29) is 23.3 Å². The minimum absolute atomic E-state index is 0.0313. The second kappa shape index (κ2) is 11.8. The first-order chi connectivity index (χ1) is 17.9. The Morgan fingerprint density at radius 3 is 2.14 bits per heavy atom. The summed E-state index contributed by atoms with van der Waals surface area (Å²) in [5.41, 5.74) is 2.30. The number of benzene rings is 2. The van der Waals surface area contributed by atoms with Gasteiger partial charge < -0.3 is 26.4 Å². The Labute approximate surface area is 214 Å². The molecule has 0 saturated heterocycles. The molecule has 5 N–H and O–H groups in total. The summed E-state index contributed by atoms with van der Waals surface area (Å²) in [5, 5.41) is 22.9. The molecule has 0 bridgehead atoms. The normalized spacial score (nSPS) is 10.6. The number of anilines is 2. The molecule has 2 heterocycles. The molecule has 37 heavy (non-hydrogen) atoms. The molecule has 0 unspecified atom stereocenters. The number of phenolic OH excluding ortho intramolecular Hbond substituents is 1. The van der Waals surface area contributed by atoms with Gasteiger partial charge in [-0.05, 0) is 19.1 Å². The quantitative estimate of drug-likeness (QED) is 0.210. The van der Waals surface area contributed by atoms with Crippen molar-refractivity contribution in [2.24, 2.45) is 0 Å². The summed E-state index contributed by atoms with van der Waals surface area (Å²) in [6.45, 7) is 5.10. The van der Waals surface area contributed by atoms with Gasteiger partial charge in [0.05, 0.1) is 0 Å². The van der Waals surface area contributed by atoms with Gasteiger partial charge in [0.1, 0.15) is 28.6 Å². The zero-order valence-electron chi connectivity index (χ0n) is 20.7. The molecule has 2 aromatic carbocycles. The number of amides is 2. The topological polar surface area (TPSA) is 141 Å². The Hall–Kier alpha value is -4.73. The number of hydrogen-bond donors (Lipinski definition) is 5. The predicted octanol–water partition coefficient (Wildman–Crippen LogP) is 3.10. The number of hydrogen-bond acceptors (Lipinski definition) is 8. The smallest absolute Gasteiger partial charge is 0.269 e. The van der Waals surface area contributed by atoms with Gasteiger partial charge in [0.2, 0.25) is 5.91 Å². The van der Waals surface area contributed by atoms with Gasteiger partial charge in [-0.3, -0.25) is 9.59 Å². The SMILES string of the molecule is CC(=O)NCCNc1nc(-c2ccccc2)nc(NCCNC(=O)c2ccc3cccc(O)c3n2)c1C. The predicted molar refractivity (Wildman–Crippen MR) is 144 cm³/mol. The first-order valence-corrected chi connectivity index (χ1v) is 12.0. The van der Waals surface area contributed by atoms with E-state index in [1.807, 2.05) is 43.3 Å². The van der Waals surface area contributed by atoms with E-state index in [0.717, 1.165) is 16.5 Å². The number of para-hydroxylation sites is 1. The van der Waals surface area contributed by atoms with E-state index in [2.05, 4.69) is 31.2 Å². The number of aromatic nitrogens is 3. The van der Waals surface area contributed by atoms with Crippen LogP contribution in [-0.4, -0.2) is 58.1 Å². The molecule has 0 spiro atoms. The van der Waals surface area contributed by atoms with Crippen LogP contribution in [0, 0.1) is 6.92 Å². The van der Waals surface area contributed by atoms with Crippen molar-refractivity contribution in [3.8, 4) is 17.1 Å². The Morgan fingerprint density at radius 2 is 1.46 bits per heavy atom. The van der Waals surface area contributed by atoms with Gasteiger partial charge in [0.15, 0.2) is 5.82 Å². The minimum atomic E-state index is -0.336. The summed E-state index contributed by atoms with van der Waals surface area (Å²) in [7, 11) is 0. The van der Waals surface area contributed by atoms with E-state index in [0.29, 0.717) is 49.2 Å². The van der Waals surface area contributed by atoms with E-state index in [1.54, 1.807) is 18.2 Å². The fourth-order valence-electron chi connectivity index (χ4n) is 3.70. The van der Waals surface area contributed by atoms with Crippen LogP contribution in [0.15, 0.2) is 60.7 Å². The molecule has 0 atom stereocenters. The summed E-state index contributed by atoms with van der Waals surface area (Å²) < 4.78 is 0. The van der Waals surface area contributed by atoms with Crippen molar-refractivity contribution in [3.05, 3.63) is 71.9 Å². The van der Waals surface area contributed by atoms with Gasteiger partial charge in [-0.25, -0.2) is 15.0 Å². The van der Waals surface area contributed by atoms with E-state index in [4.69, 9.17) is 4.98 Å². The summed E-state index contributed by atoms with van der Waals surface area (Å²) >= 11 is 0. The van der Waals surface area contributed by atoms with Crippen molar-refractivity contribution in [1.82, 2.24) is 25.6 Å². The highest BCUT2D eigenvalue weighted by atomic mass is 16.3. The number of aromatic hydroxyl groups is 1. The van der Waals surface area contributed by atoms with E-state index >= 15 is 0 Å². The lowest BCUT2D eigenvalue weighted by Crippen LogP contribution is -2.30. The van der Waals surface area contributed by atoms with Gasteiger partial charge in [-0.1, -0.05) is 48.5 Å². The number of rotatable bonds is 10. The molecule has 190 valence electrons. The highest BCUT2D eigenvalue weighted by Crippen LogP contribution is 2.25. The maximum absolute atomic E-state index is 12.6. The van der Waals surface area contributed by atoms with Gasteiger partial charge in [0, 0.05) is 49.6 Å². The largest absolute Gasteiger partial charge is 0.506 e. The number of pyridine rings is 1. The number of phenols is 1. The van der Waals surface area contributed by atoms with Crippen LogP contribution in [0.4, 0.5) is 11.6 Å². The Bertz CT molecular complexity index is 1410. The molecule has 10 nitrogen and oxygen atoms in total. The van der Waals surface area contributed by atoms with Crippen LogP contribution in [0.25, 0.3) is 22.3 Å². The summed E-state index contributed by atoms with van der Waals surface area (Å²) in [5.74, 6) is 1.46. The van der Waals surface area contributed by atoms with Crippen LogP contribution in [0.5, 0.6) is 5.75 Å². The minimum Gasteiger partial charge on any atom is -0.506 e. The van der Waals surface area contributed by atoms with E-state index in [9.17, 15) is 14.7 Å². The molecule has 2 amide bonds. The maximum atomic E-state index is 12.6. The van der Waals surface area contributed by atoms with Crippen LogP contribution >= 0.6 is 0 Å². The van der Waals surface area contributed by atoms with Crippen molar-refractivity contribution in [2.45, 2.75) is 13.8 Å². The number of fused-ring (bicyclic) bond motifs is 1. The summed E-state index contributed by atoms with van der Waals surface area (Å²) in [6, 6.07) is 18.1. The molecule has 0 aliphatic rings. The van der Waals surface area contributed by atoms with Crippen LogP contribution in [0.2, 0.25) is 0 Å². The fourth-order valence-corrected chi connectivity index (χ4v) is 3.70.